The zero-order valence-electron chi connectivity index (χ0n) is 11.9. The van der Waals surface area contributed by atoms with E-state index >= 15 is 0 Å². The third-order valence-corrected chi connectivity index (χ3v) is 3.37. The second-order valence-corrected chi connectivity index (χ2v) is 5.06. The number of unbranched alkanes of at least 4 members (excludes halogenated alkanes) is 4. The average molecular weight is 251 g/mol. The molecular formula is C15H29N3. The Morgan fingerprint density at radius 1 is 1.28 bits per heavy atom. The Morgan fingerprint density at radius 3 is 2.78 bits per heavy atom. The molecule has 1 heterocycles. The van der Waals surface area contributed by atoms with Crippen molar-refractivity contribution in [1.82, 2.24) is 10.2 Å². The van der Waals surface area contributed by atoms with Crippen LogP contribution in [-0.4, -0.2) is 17.2 Å². The van der Waals surface area contributed by atoms with E-state index in [9.17, 15) is 0 Å². The summed E-state index contributed by atoms with van der Waals surface area (Å²) >= 11 is 0. The van der Waals surface area contributed by atoms with Crippen LogP contribution in [0.15, 0.2) is 24.6 Å². The fraction of sp³-hybridized carbons (Fsp3) is 0.733. The van der Waals surface area contributed by atoms with E-state index in [4.69, 9.17) is 5.73 Å². The van der Waals surface area contributed by atoms with Gasteiger partial charge in [-0.25, -0.2) is 0 Å². The van der Waals surface area contributed by atoms with Crippen LogP contribution in [0.25, 0.3) is 0 Å². The number of hydrogen-bond acceptors (Lipinski definition) is 3. The Bertz CT molecular complexity index is 258. The van der Waals surface area contributed by atoms with Gasteiger partial charge < -0.3 is 16.0 Å². The van der Waals surface area contributed by atoms with Crippen LogP contribution in [-0.2, 0) is 0 Å². The summed E-state index contributed by atoms with van der Waals surface area (Å²) in [6.45, 7) is 4.22. The van der Waals surface area contributed by atoms with Gasteiger partial charge in [-0.05, 0) is 39.0 Å². The lowest BCUT2D eigenvalue weighted by Crippen LogP contribution is -2.44. The maximum Gasteiger partial charge on any atom is 0.0995 e. The van der Waals surface area contributed by atoms with E-state index in [-0.39, 0.29) is 6.17 Å². The van der Waals surface area contributed by atoms with Gasteiger partial charge >= 0.3 is 0 Å². The topological polar surface area (TPSA) is 41.3 Å². The third-order valence-electron chi connectivity index (χ3n) is 3.37. The monoisotopic (exact) mass is 251 g/mol. The molecule has 18 heavy (non-hydrogen) atoms. The van der Waals surface area contributed by atoms with Crippen LogP contribution in [0.3, 0.4) is 0 Å². The Morgan fingerprint density at radius 2 is 2.06 bits per heavy atom. The van der Waals surface area contributed by atoms with E-state index in [1.807, 2.05) is 13.1 Å². The third kappa shape index (κ3) is 5.58. The molecule has 0 aromatic rings. The van der Waals surface area contributed by atoms with E-state index in [0.29, 0.717) is 6.17 Å². The van der Waals surface area contributed by atoms with Crippen molar-refractivity contribution in [2.24, 2.45) is 5.73 Å². The van der Waals surface area contributed by atoms with Crippen molar-refractivity contribution < 1.29 is 0 Å². The Hall–Kier alpha value is -0.960. The maximum absolute atomic E-state index is 5.91. The van der Waals surface area contributed by atoms with Crippen molar-refractivity contribution >= 4 is 0 Å². The summed E-state index contributed by atoms with van der Waals surface area (Å²) in [4.78, 5) is 2.20. The second kappa shape index (κ2) is 9.03. The van der Waals surface area contributed by atoms with Crippen molar-refractivity contribution in [3.05, 3.63) is 24.6 Å². The van der Waals surface area contributed by atoms with Gasteiger partial charge in [-0.2, -0.15) is 0 Å². The van der Waals surface area contributed by atoms with E-state index in [2.05, 4.69) is 35.5 Å². The normalized spacial score (nSPS) is 20.6. The van der Waals surface area contributed by atoms with Gasteiger partial charge in [0.05, 0.1) is 12.3 Å². The van der Waals surface area contributed by atoms with Crippen LogP contribution in [0.1, 0.15) is 58.8 Å². The predicted molar refractivity (Wildman–Crippen MR) is 78.7 cm³/mol. The largest absolute Gasteiger partial charge is 0.370 e. The number of allylic oxidation sites excluding steroid dienone is 2. The minimum absolute atomic E-state index is 0.0976. The first-order valence-electron chi connectivity index (χ1n) is 7.36. The molecule has 0 saturated carbocycles. The van der Waals surface area contributed by atoms with Gasteiger partial charge in [-0.15, -0.1) is 0 Å². The van der Waals surface area contributed by atoms with Gasteiger partial charge in [0, 0.05) is 12.4 Å². The fourth-order valence-electron chi connectivity index (χ4n) is 2.32. The number of nitrogens with one attached hydrogen (secondary N) is 1. The first-order chi connectivity index (χ1) is 8.75. The molecule has 3 nitrogen and oxygen atoms in total. The lowest BCUT2D eigenvalue weighted by atomic mass is 10.1. The van der Waals surface area contributed by atoms with Crippen molar-refractivity contribution in [2.45, 2.75) is 71.1 Å². The lowest BCUT2D eigenvalue weighted by Gasteiger charge is -2.28. The quantitative estimate of drug-likeness (QED) is 0.488. The summed E-state index contributed by atoms with van der Waals surface area (Å²) in [7, 11) is 0. The zero-order chi connectivity index (χ0) is 13.2. The summed E-state index contributed by atoms with van der Waals surface area (Å²) in [6.07, 6.45) is 18.0. The number of rotatable bonds is 9. The van der Waals surface area contributed by atoms with Crippen molar-refractivity contribution in [2.75, 3.05) is 0 Å². The SMILES string of the molecule is CC/C=C/CCCCCCC1NC=CN1C(C)N. The van der Waals surface area contributed by atoms with Gasteiger partial charge in [0.15, 0.2) is 0 Å². The van der Waals surface area contributed by atoms with Crippen LogP contribution in [0.4, 0.5) is 0 Å². The fourth-order valence-corrected chi connectivity index (χ4v) is 2.32. The maximum atomic E-state index is 5.91. The average Bonchev–Trinajstić information content (AvgIpc) is 2.81. The van der Waals surface area contributed by atoms with Crippen molar-refractivity contribution in [3.63, 3.8) is 0 Å². The van der Waals surface area contributed by atoms with Crippen molar-refractivity contribution in [1.29, 1.82) is 0 Å². The highest BCUT2D eigenvalue weighted by Crippen LogP contribution is 2.15. The van der Waals surface area contributed by atoms with Crippen LogP contribution < -0.4 is 11.1 Å². The van der Waals surface area contributed by atoms with Crippen LogP contribution in [0, 0.1) is 0 Å². The standard InChI is InChI=1S/C15H29N3/c1-3-4-5-6-7-8-9-10-11-15-17-12-13-18(15)14(2)16/h4-5,12-15,17H,3,6-11,16H2,1-2H3/b5-4+. The van der Waals surface area contributed by atoms with Crippen LogP contribution in [0.5, 0.6) is 0 Å². The summed E-state index contributed by atoms with van der Waals surface area (Å²) in [6, 6.07) is 0. The molecule has 1 rings (SSSR count). The van der Waals surface area contributed by atoms with Gasteiger partial charge in [-0.1, -0.05) is 31.9 Å². The van der Waals surface area contributed by atoms with Crippen LogP contribution >= 0.6 is 0 Å². The highest BCUT2D eigenvalue weighted by Gasteiger charge is 2.20. The molecule has 0 radical (unpaired) electrons. The molecule has 2 unspecified atom stereocenters. The summed E-state index contributed by atoms with van der Waals surface area (Å²) in [5, 5.41) is 3.36. The first kappa shape index (κ1) is 15.1. The molecule has 0 amide bonds. The van der Waals surface area contributed by atoms with Crippen molar-refractivity contribution in [3.8, 4) is 0 Å². The molecular weight excluding hydrogens is 222 g/mol. The number of nitrogens with zero attached hydrogens (tertiary/aromatic N) is 1. The molecule has 0 bridgehead atoms. The van der Waals surface area contributed by atoms with Gasteiger partial charge in [0.2, 0.25) is 0 Å². The molecule has 0 aromatic heterocycles. The van der Waals surface area contributed by atoms with E-state index in [1.165, 1.54) is 38.5 Å². The molecule has 3 N–H and O–H groups in total. The molecule has 0 saturated heterocycles. The minimum atomic E-state index is 0.0976. The molecule has 0 aromatic carbocycles. The van der Waals surface area contributed by atoms with Gasteiger partial charge in [0.1, 0.15) is 0 Å². The first-order valence-corrected chi connectivity index (χ1v) is 7.36. The number of nitrogens with two attached hydrogens (primary N) is 1. The van der Waals surface area contributed by atoms with E-state index < -0.39 is 0 Å². The highest BCUT2D eigenvalue weighted by molar-refractivity contribution is 4.95. The molecule has 104 valence electrons. The molecule has 0 fully saturated rings. The Labute approximate surface area is 112 Å². The molecule has 0 aliphatic carbocycles. The predicted octanol–water partition coefficient (Wildman–Crippen LogP) is 3.30. The Kier molecular flexibility index (Phi) is 7.58. The molecule has 0 spiro atoms. The zero-order valence-corrected chi connectivity index (χ0v) is 11.9. The smallest absolute Gasteiger partial charge is 0.0995 e. The van der Waals surface area contributed by atoms with E-state index in [0.717, 1.165) is 6.42 Å². The van der Waals surface area contributed by atoms with E-state index in [1.54, 1.807) is 0 Å². The summed E-state index contributed by atoms with van der Waals surface area (Å²) in [5.74, 6) is 0. The molecule has 2 atom stereocenters. The molecule has 1 aliphatic rings. The van der Waals surface area contributed by atoms with Gasteiger partial charge in [-0.3, -0.25) is 0 Å². The summed E-state index contributed by atoms with van der Waals surface area (Å²) in [5.41, 5.74) is 5.91. The molecule has 3 heteroatoms. The number of hydrogen-bond donors (Lipinski definition) is 2. The lowest BCUT2D eigenvalue weighted by molar-refractivity contribution is 0.208. The second-order valence-electron chi connectivity index (χ2n) is 5.06. The van der Waals surface area contributed by atoms with Crippen LogP contribution in [0.2, 0.25) is 0 Å². The minimum Gasteiger partial charge on any atom is -0.370 e. The summed E-state index contributed by atoms with van der Waals surface area (Å²) < 4.78 is 0. The highest BCUT2D eigenvalue weighted by atomic mass is 15.3. The Balaban J connectivity index is 1.99. The van der Waals surface area contributed by atoms with Gasteiger partial charge in [0.25, 0.3) is 0 Å². The molecule has 1 aliphatic heterocycles.